The number of rotatable bonds is 5. The average molecular weight is 334 g/mol. The molecule has 3 unspecified atom stereocenters. The Labute approximate surface area is 118 Å². The second kappa shape index (κ2) is 5.83. The standard InChI is InChI=1S/C12H13BrFNO4/c1-2-18-12-8(13)6-11(12)19-10-4-3-7(15(16)17)5-9(10)14/h3-5,8,11-12H,2,6H2,1H3. The molecule has 0 amide bonds. The zero-order valence-electron chi connectivity index (χ0n) is 10.2. The smallest absolute Gasteiger partial charge is 0.272 e. The fourth-order valence-electron chi connectivity index (χ4n) is 1.91. The van der Waals surface area contributed by atoms with Gasteiger partial charge < -0.3 is 9.47 Å². The summed E-state index contributed by atoms with van der Waals surface area (Å²) in [5.74, 6) is -0.720. The molecule has 0 aliphatic heterocycles. The topological polar surface area (TPSA) is 61.6 Å². The number of ether oxygens (including phenoxy) is 2. The van der Waals surface area contributed by atoms with Gasteiger partial charge >= 0.3 is 0 Å². The number of hydrogen-bond donors (Lipinski definition) is 0. The van der Waals surface area contributed by atoms with E-state index in [4.69, 9.17) is 9.47 Å². The summed E-state index contributed by atoms with van der Waals surface area (Å²) in [6.45, 7) is 2.43. The van der Waals surface area contributed by atoms with Crippen LogP contribution in [0.4, 0.5) is 10.1 Å². The summed E-state index contributed by atoms with van der Waals surface area (Å²) < 4.78 is 24.6. The molecule has 1 aliphatic rings. The van der Waals surface area contributed by atoms with Crippen LogP contribution in [0.1, 0.15) is 13.3 Å². The largest absolute Gasteiger partial charge is 0.485 e. The summed E-state index contributed by atoms with van der Waals surface area (Å²) in [6, 6.07) is 3.35. The van der Waals surface area contributed by atoms with Crippen LogP contribution in [0, 0.1) is 15.9 Å². The molecule has 0 heterocycles. The molecule has 0 bridgehead atoms. The first-order chi connectivity index (χ1) is 9.02. The summed E-state index contributed by atoms with van der Waals surface area (Å²) in [5, 5.41) is 10.5. The van der Waals surface area contributed by atoms with Crippen molar-refractivity contribution < 1.29 is 18.8 Å². The van der Waals surface area contributed by atoms with Crippen molar-refractivity contribution in [3.05, 3.63) is 34.1 Å². The minimum absolute atomic E-state index is 0.0136. The van der Waals surface area contributed by atoms with Gasteiger partial charge in [-0.05, 0) is 13.0 Å². The molecule has 0 saturated heterocycles. The molecule has 0 spiro atoms. The van der Waals surface area contributed by atoms with E-state index in [1.54, 1.807) is 0 Å². The molecule has 7 heteroatoms. The number of nitrogens with zero attached hydrogens (tertiary/aromatic N) is 1. The molecular weight excluding hydrogens is 321 g/mol. The van der Waals surface area contributed by atoms with Crippen LogP contribution in [0.3, 0.4) is 0 Å². The molecule has 0 aromatic heterocycles. The highest BCUT2D eigenvalue weighted by molar-refractivity contribution is 9.09. The Balaban J connectivity index is 2.05. The van der Waals surface area contributed by atoms with Gasteiger partial charge in [-0.15, -0.1) is 0 Å². The van der Waals surface area contributed by atoms with Gasteiger partial charge in [0.1, 0.15) is 12.2 Å². The first kappa shape index (κ1) is 14.2. The van der Waals surface area contributed by atoms with Crippen molar-refractivity contribution in [1.29, 1.82) is 0 Å². The van der Waals surface area contributed by atoms with Gasteiger partial charge in [0.05, 0.1) is 11.0 Å². The zero-order chi connectivity index (χ0) is 14.0. The molecule has 1 aromatic rings. The first-order valence-corrected chi connectivity index (χ1v) is 6.80. The van der Waals surface area contributed by atoms with E-state index in [-0.39, 0.29) is 28.5 Å². The molecule has 1 saturated carbocycles. The summed E-state index contributed by atoms with van der Waals surface area (Å²) >= 11 is 3.44. The second-order valence-electron chi connectivity index (χ2n) is 4.20. The number of halogens is 2. The van der Waals surface area contributed by atoms with E-state index in [0.29, 0.717) is 13.0 Å². The van der Waals surface area contributed by atoms with Gasteiger partial charge in [-0.3, -0.25) is 10.1 Å². The van der Waals surface area contributed by atoms with Crippen molar-refractivity contribution in [2.24, 2.45) is 0 Å². The van der Waals surface area contributed by atoms with Crippen molar-refractivity contribution in [3.63, 3.8) is 0 Å². The maximum atomic E-state index is 13.7. The molecule has 104 valence electrons. The Morgan fingerprint density at radius 3 is 2.84 bits per heavy atom. The van der Waals surface area contributed by atoms with Gasteiger partial charge in [-0.2, -0.15) is 0 Å². The molecule has 0 N–H and O–H groups in total. The van der Waals surface area contributed by atoms with Crippen molar-refractivity contribution in [3.8, 4) is 5.75 Å². The Morgan fingerprint density at radius 2 is 2.32 bits per heavy atom. The van der Waals surface area contributed by atoms with Crippen LogP contribution in [-0.2, 0) is 4.74 Å². The van der Waals surface area contributed by atoms with E-state index >= 15 is 0 Å². The number of non-ortho nitro benzene ring substituents is 1. The van der Waals surface area contributed by atoms with Crippen LogP contribution >= 0.6 is 15.9 Å². The lowest BCUT2D eigenvalue weighted by Gasteiger charge is -2.40. The van der Waals surface area contributed by atoms with E-state index < -0.39 is 10.7 Å². The quantitative estimate of drug-likeness (QED) is 0.472. The fraction of sp³-hybridized carbons (Fsp3) is 0.500. The minimum Gasteiger partial charge on any atom is -0.485 e. The van der Waals surface area contributed by atoms with Crippen LogP contribution in [0.5, 0.6) is 5.75 Å². The summed E-state index contributed by atoms with van der Waals surface area (Å²) in [7, 11) is 0. The molecule has 1 fully saturated rings. The molecule has 5 nitrogen and oxygen atoms in total. The highest BCUT2D eigenvalue weighted by atomic mass is 79.9. The summed E-state index contributed by atoms with van der Waals surface area (Å²) in [5.41, 5.74) is -0.293. The second-order valence-corrected chi connectivity index (χ2v) is 5.38. The van der Waals surface area contributed by atoms with Crippen molar-refractivity contribution in [1.82, 2.24) is 0 Å². The van der Waals surface area contributed by atoms with Gasteiger partial charge in [0.2, 0.25) is 0 Å². The Hall–Kier alpha value is -1.21. The van der Waals surface area contributed by atoms with Gasteiger partial charge in [-0.25, -0.2) is 4.39 Å². The van der Waals surface area contributed by atoms with Crippen LogP contribution in [0.15, 0.2) is 18.2 Å². The van der Waals surface area contributed by atoms with E-state index in [0.717, 1.165) is 6.07 Å². The molecular formula is C12H13BrFNO4. The lowest BCUT2D eigenvalue weighted by Crippen LogP contribution is -2.52. The lowest BCUT2D eigenvalue weighted by molar-refractivity contribution is -0.385. The van der Waals surface area contributed by atoms with Crippen LogP contribution < -0.4 is 4.74 Å². The van der Waals surface area contributed by atoms with E-state index in [9.17, 15) is 14.5 Å². The molecule has 0 radical (unpaired) electrons. The number of nitro groups is 1. The van der Waals surface area contributed by atoms with E-state index in [2.05, 4.69) is 15.9 Å². The predicted octanol–water partition coefficient (Wildman–Crippen LogP) is 3.05. The maximum Gasteiger partial charge on any atom is 0.272 e. The minimum atomic E-state index is -0.734. The van der Waals surface area contributed by atoms with Gasteiger partial charge in [0.25, 0.3) is 5.69 Å². The maximum absolute atomic E-state index is 13.7. The third-order valence-electron chi connectivity index (χ3n) is 2.94. The first-order valence-electron chi connectivity index (χ1n) is 5.89. The fourth-order valence-corrected chi connectivity index (χ4v) is 2.77. The van der Waals surface area contributed by atoms with Crippen molar-refractivity contribution in [2.75, 3.05) is 6.61 Å². The molecule has 2 rings (SSSR count). The molecule has 1 aliphatic carbocycles. The van der Waals surface area contributed by atoms with Crippen LogP contribution in [-0.4, -0.2) is 28.6 Å². The van der Waals surface area contributed by atoms with Gasteiger partial charge in [0, 0.05) is 23.9 Å². The lowest BCUT2D eigenvalue weighted by atomic mass is 9.91. The predicted molar refractivity (Wildman–Crippen MR) is 70.2 cm³/mol. The Kier molecular flexibility index (Phi) is 4.36. The van der Waals surface area contributed by atoms with Crippen LogP contribution in [0.2, 0.25) is 0 Å². The monoisotopic (exact) mass is 333 g/mol. The third kappa shape index (κ3) is 3.03. The number of benzene rings is 1. The molecule has 3 atom stereocenters. The highest BCUT2D eigenvalue weighted by Crippen LogP contribution is 2.35. The van der Waals surface area contributed by atoms with Gasteiger partial charge in [0.15, 0.2) is 11.6 Å². The van der Waals surface area contributed by atoms with E-state index in [1.165, 1.54) is 12.1 Å². The Bertz CT molecular complexity index is 485. The third-order valence-corrected chi connectivity index (χ3v) is 3.84. The number of alkyl halides is 1. The number of nitro benzene ring substituents is 1. The normalized spacial score (nSPS) is 25.7. The van der Waals surface area contributed by atoms with Gasteiger partial charge in [-0.1, -0.05) is 15.9 Å². The van der Waals surface area contributed by atoms with Crippen LogP contribution in [0.25, 0.3) is 0 Å². The van der Waals surface area contributed by atoms with E-state index in [1.807, 2.05) is 6.92 Å². The highest BCUT2D eigenvalue weighted by Gasteiger charge is 2.42. The Morgan fingerprint density at radius 1 is 1.58 bits per heavy atom. The number of hydrogen-bond acceptors (Lipinski definition) is 4. The molecule has 19 heavy (non-hydrogen) atoms. The summed E-state index contributed by atoms with van der Waals surface area (Å²) in [6.07, 6.45) is 0.348. The van der Waals surface area contributed by atoms with Crippen molar-refractivity contribution in [2.45, 2.75) is 30.4 Å². The summed E-state index contributed by atoms with van der Waals surface area (Å²) in [4.78, 5) is 10.1. The molecule has 1 aromatic carbocycles. The SMILES string of the molecule is CCOC1C(Br)CC1Oc1ccc([N+](=O)[O-])cc1F. The van der Waals surface area contributed by atoms with Crippen molar-refractivity contribution >= 4 is 21.6 Å². The zero-order valence-corrected chi connectivity index (χ0v) is 11.8. The average Bonchev–Trinajstić information content (AvgIpc) is 2.37.